The van der Waals surface area contributed by atoms with Gasteiger partial charge >= 0.3 is 11.9 Å². The van der Waals surface area contributed by atoms with Crippen LogP contribution in [0, 0.1) is 17.7 Å². The van der Waals surface area contributed by atoms with Crippen molar-refractivity contribution in [3.05, 3.63) is 35.6 Å². The van der Waals surface area contributed by atoms with Crippen molar-refractivity contribution in [3.8, 4) is 0 Å². The molecule has 1 rings (SSSR count). The standard InChI is InChI=1S/C13H17FN2O3.C10H20N2O3/c14-10-3-1-8(2-4-10)5-9(13(18)19)6-12(17)11(16)7-15;1-2-3-4-7(10(14)15)5-9(13)8(12)6-11/h1-4,9,11H,5-7,15-16H2,(H,18,19);7-8H,2-6,11-12H2,1H3,(H,14,15)/t9?,11-;7-,8-/m11/s1. The molecular weight excluding hydrogens is 447 g/mol. The third kappa shape index (κ3) is 12.5. The van der Waals surface area contributed by atoms with Crippen LogP contribution in [0.15, 0.2) is 24.3 Å². The number of halogens is 1. The average molecular weight is 485 g/mol. The highest BCUT2D eigenvalue weighted by atomic mass is 19.1. The molecule has 10 nitrogen and oxygen atoms in total. The lowest BCUT2D eigenvalue weighted by Crippen LogP contribution is -2.39. The number of nitrogens with two attached hydrogens (primary N) is 4. The third-order valence-electron chi connectivity index (χ3n) is 5.23. The number of benzene rings is 1. The van der Waals surface area contributed by atoms with Crippen molar-refractivity contribution in [1.29, 1.82) is 0 Å². The van der Waals surface area contributed by atoms with Gasteiger partial charge in [-0.15, -0.1) is 0 Å². The fourth-order valence-electron chi connectivity index (χ4n) is 2.97. The Kier molecular flexibility index (Phi) is 15.5. The molecule has 0 saturated carbocycles. The average Bonchev–Trinajstić information content (AvgIpc) is 2.81. The van der Waals surface area contributed by atoms with E-state index in [1.54, 1.807) is 0 Å². The van der Waals surface area contributed by atoms with Crippen molar-refractivity contribution >= 4 is 23.5 Å². The SMILES string of the molecule is CCCC[C@H](CC(=O)[C@H](N)CN)C(=O)O.NC[C@@H](N)C(=O)CC(Cc1ccc(F)cc1)C(=O)O. The van der Waals surface area contributed by atoms with Crippen LogP contribution in [0.1, 0.15) is 44.6 Å². The maximum atomic E-state index is 12.7. The smallest absolute Gasteiger partial charge is 0.307 e. The van der Waals surface area contributed by atoms with E-state index in [2.05, 4.69) is 0 Å². The van der Waals surface area contributed by atoms with Crippen LogP contribution in [-0.4, -0.2) is 58.9 Å². The van der Waals surface area contributed by atoms with Gasteiger partial charge in [-0.3, -0.25) is 19.2 Å². The molecule has 0 aromatic heterocycles. The maximum absolute atomic E-state index is 12.7. The summed E-state index contributed by atoms with van der Waals surface area (Å²) < 4.78 is 12.7. The lowest BCUT2D eigenvalue weighted by Gasteiger charge is -2.14. The Morgan fingerprint density at radius 3 is 1.68 bits per heavy atom. The molecule has 0 spiro atoms. The number of carboxylic acid groups (broad SMARTS) is 2. The zero-order valence-electron chi connectivity index (χ0n) is 19.5. The van der Waals surface area contributed by atoms with Crippen molar-refractivity contribution in [2.45, 2.75) is 57.5 Å². The van der Waals surface area contributed by atoms with Gasteiger partial charge in [0, 0.05) is 25.9 Å². The van der Waals surface area contributed by atoms with Gasteiger partial charge < -0.3 is 33.1 Å². The molecule has 11 heteroatoms. The minimum Gasteiger partial charge on any atom is -0.481 e. The van der Waals surface area contributed by atoms with Gasteiger partial charge in [-0.25, -0.2) is 4.39 Å². The van der Waals surface area contributed by atoms with E-state index in [1.807, 2.05) is 6.92 Å². The van der Waals surface area contributed by atoms with Crippen LogP contribution in [0.5, 0.6) is 0 Å². The number of aliphatic carboxylic acids is 2. The summed E-state index contributed by atoms with van der Waals surface area (Å²) in [6.07, 6.45) is 2.22. The van der Waals surface area contributed by atoms with Gasteiger partial charge in [0.1, 0.15) is 5.82 Å². The molecule has 0 radical (unpaired) electrons. The maximum Gasteiger partial charge on any atom is 0.307 e. The zero-order chi connectivity index (χ0) is 26.3. The van der Waals surface area contributed by atoms with Crippen molar-refractivity contribution in [2.24, 2.45) is 34.8 Å². The van der Waals surface area contributed by atoms with Crippen LogP contribution >= 0.6 is 0 Å². The Labute approximate surface area is 198 Å². The zero-order valence-corrected chi connectivity index (χ0v) is 19.5. The summed E-state index contributed by atoms with van der Waals surface area (Å²) in [4.78, 5) is 44.9. The molecule has 4 atom stereocenters. The quantitative estimate of drug-likeness (QED) is 0.202. The highest BCUT2D eigenvalue weighted by Gasteiger charge is 2.24. The first kappa shape index (κ1) is 31.3. The summed E-state index contributed by atoms with van der Waals surface area (Å²) in [5.41, 5.74) is 22.0. The van der Waals surface area contributed by atoms with Crippen LogP contribution < -0.4 is 22.9 Å². The second-order valence-corrected chi connectivity index (χ2v) is 8.07. The number of carboxylic acids is 2. The number of rotatable bonds is 15. The molecule has 0 aliphatic rings. The Morgan fingerprint density at radius 2 is 1.29 bits per heavy atom. The van der Waals surface area contributed by atoms with E-state index < -0.39 is 41.7 Å². The molecule has 1 aromatic carbocycles. The number of ketones is 2. The molecule has 10 N–H and O–H groups in total. The fraction of sp³-hybridized carbons (Fsp3) is 0.565. The molecule has 0 saturated heterocycles. The largest absolute Gasteiger partial charge is 0.481 e. The molecule has 0 aliphatic heterocycles. The predicted octanol–water partition coefficient (Wildman–Crippen LogP) is 0.437. The molecule has 0 fully saturated rings. The van der Waals surface area contributed by atoms with E-state index in [0.29, 0.717) is 12.0 Å². The molecule has 0 heterocycles. The van der Waals surface area contributed by atoms with E-state index in [9.17, 15) is 23.6 Å². The van der Waals surface area contributed by atoms with Crippen molar-refractivity contribution in [1.82, 2.24) is 0 Å². The third-order valence-corrected chi connectivity index (χ3v) is 5.23. The van der Waals surface area contributed by atoms with Crippen LogP contribution in [-0.2, 0) is 25.6 Å². The van der Waals surface area contributed by atoms with Crippen molar-refractivity contribution in [2.75, 3.05) is 13.1 Å². The highest BCUT2D eigenvalue weighted by molar-refractivity contribution is 5.88. The molecular formula is C23H37FN4O6. The van der Waals surface area contributed by atoms with E-state index in [1.165, 1.54) is 24.3 Å². The first-order valence-electron chi connectivity index (χ1n) is 11.1. The van der Waals surface area contributed by atoms with Gasteiger partial charge in [0.25, 0.3) is 0 Å². The monoisotopic (exact) mass is 484 g/mol. The summed E-state index contributed by atoms with van der Waals surface area (Å²) in [5.74, 6) is -4.54. The highest BCUT2D eigenvalue weighted by Crippen LogP contribution is 2.15. The number of unbranched alkanes of at least 4 members (excludes halogenated alkanes) is 1. The lowest BCUT2D eigenvalue weighted by atomic mass is 9.92. The van der Waals surface area contributed by atoms with Crippen LogP contribution in [0.25, 0.3) is 0 Å². The van der Waals surface area contributed by atoms with Gasteiger partial charge in [0.05, 0.1) is 23.9 Å². The topological polar surface area (TPSA) is 213 Å². The number of Topliss-reactive ketones (excluding diaryl/α,β-unsaturated/α-hetero) is 2. The number of carbonyl (C=O) groups excluding carboxylic acids is 2. The Morgan fingerprint density at radius 1 is 0.853 bits per heavy atom. The Balaban J connectivity index is 0.000000661. The molecule has 0 bridgehead atoms. The van der Waals surface area contributed by atoms with E-state index in [-0.39, 0.29) is 43.9 Å². The Hall–Kier alpha value is -2.73. The molecule has 1 aromatic rings. The molecule has 1 unspecified atom stereocenters. The van der Waals surface area contributed by atoms with Crippen molar-refractivity contribution in [3.63, 3.8) is 0 Å². The fourth-order valence-corrected chi connectivity index (χ4v) is 2.97. The summed E-state index contributed by atoms with van der Waals surface area (Å²) in [6.45, 7) is 2.03. The van der Waals surface area contributed by atoms with Gasteiger partial charge in [0.2, 0.25) is 0 Å². The molecule has 0 amide bonds. The minimum atomic E-state index is -1.08. The van der Waals surface area contributed by atoms with Crippen LogP contribution in [0.2, 0.25) is 0 Å². The predicted molar refractivity (Wildman–Crippen MR) is 125 cm³/mol. The summed E-state index contributed by atoms with van der Waals surface area (Å²) in [6, 6.07) is 3.93. The summed E-state index contributed by atoms with van der Waals surface area (Å²) in [5, 5.41) is 18.0. The van der Waals surface area contributed by atoms with Gasteiger partial charge in [-0.05, 0) is 30.5 Å². The first-order chi connectivity index (χ1) is 16.0. The number of hydrogen-bond acceptors (Lipinski definition) is 8. The normalized spacial score (nSPS) is 14.2. The van der Waals surface area contributed by atoms with Crippen LogP contribution in [0.4, 0.5) is 4.39 Å². The Bertz CT molecular complexity index is 790. The molecule has 192 valence electrons. The van der Waals surface area contributed by atoms with Gasteiger partial charge in [-0.2, -0.15) is 0 Å². The number of hydrogen-bond donors (Lipinski definition) is 6. The summed E-state index contributed by atoms with van der Waals surface area (Å²) in [7, 11) is 0. The lowest BCUT2D eigenvalue weighted by molar-refractivity contribution is -0.144. The van der Waals surface area contributed by atoms with E-state index in [0.717, 1.165) is 12.8 Å². The minimum absolute atomic E-state index is 0.00625. The molecule has 0 aliphatic carbocycles. The van der Waals surface area contributed by atoms with Gasteiger partial charge in [0.15, 0.2) is 11.6 Å². The summed E-state index contributed by atoms with van der Waals surface area (Å²) >= 11 is 0. The van der Waals surface area contributed by atoms with Gasteiger partial charge in [-0.1, -0.05) is 31.9 Å². The second-order valence-electron chi connectivity index (χ2n) is 8.07. The van der Waals surface area contributed by atoms with Crippen molar-refractivity contribution < 1.29 is 33.8 Å². The van der Waals surface area contributed by atoms with Crippen LogP contribution in [0.3, 0.4) is 0 Å². The number of carbonyl (C=O) groups is 4. The second kappa shape index (κ2) is 16.8. The van der Waals surface area contributed by atoms with E-state index >= 15 is 0 Å². The van der Waals surface area contributed by atoms with E-state index in [4.69, 9.17) is 33.1 Å². The molecule has 34 heavy (non-hydrogen) atoms. The first-order valence-corrected chi connectivity index (χ1v) is 11.1.